The lowest BCUT2D eigenvalue weighted by atomic mass is 9.85. The summed E-state index contributed by atoms with van der Waals surface area (Å²) in [5, 5.41) is 3.15. The molecular weight excluding hydrogens is 326 g/mol. The number of H-pyrrole nitrogens is 1. The SMILES string of the molecule is Cc1[nH]c2c(c1C(=O)NC(CC(C)(C)C)c1cccnc1)C(=O)CCC2. The van der Waals surface area contributed by atoms with Gasteiger partial charge in [-0.05, 0) is 43.2 Å². The third-order valence-corrected chi connectivity index (χ3v) is 4.81. The lowest BCUT2D eigenvalue weighted by molar-refractivity contribution is 0.0907. The average Bonchev–Trinajstić information content (AvgIpc) is 2.91. The van der Waals surface area contributed by atoms with Crippen LogP contribution in [-0.2, 0) is 6.42 Å². The van der Waals surface area contributed by atoms with Crippen molar-refractivity contribution >= 4 is 11.7 Å². The summed E-state index contributed by atoms with van der Waals surface area (Å²) in [6, 6.07) is 3.71. The first-order chi connectivity index (χ1) is 12.3. The molecule has 138 valence electrons. The highest BCUT2D eigenvalue weighted by Crippen LogP contribution is 2.31. The van der Waals surface area contributed by atoms with Crippen LogP contribution in [0.2, 0.25) is 0 Å². The van der Waals surface area contributed by atoms with Gasteiger partial charge >= 0.3 is 0 Å². The second-order valence-corrected chi connectivity index (χ2v) is 8.33. The van der Waals surface area contributed by atoms with Crippen LogP contribution in [0.15, 0.2) is 24.5 Å². The quantitative estimate of drug-likeness (QED) is 0.867. The van der Waals surface area contributed by atoms with Crippen molar-refractivity contribution < 1.29 is 9.59 Å². The molecule has 2 aromatic heterocycles. The number of amides is 1. The number of aryl methyl sites for hydroxylation is 2. The summed E-state index contributed by atoms with van der Waals surface area (Å²) < 4.78 is 0. The molecule has 0 spiro atoms. The van der Waals surface area contributed by atoms with E-state index in [-0.39, 0.29) is 23.1 Å². The minimum Gasteiger partial charge on any atom is -0.361 e. The Morgan fingerprint density at radius 1 is 1.35 bits per heavy atom. The summed E-state index contributed by atoms with van der Waals surface area (Å²) in [5.41, 5.74) is 3.78. The van der Waals surface area contributed by atoms with Gasteiger partial charge in [0.15, 0.2) is 5.78 Å². The first kappa shape index (κ1) is 18.4. The van der Waals surface area contributed by atoms with E-state index in [1.165, 1.54) is 0 Å². The minimum absolute atomic E-state index is 0.0379. The van der Waals surface area contributed by atoms with Crippen molar-refractivity contribution in [3.8, 4) is 0 Å². The van der Waals surface area contributed by atoms with Crippen LogP contribution in [-0.4, -0.2) is 21.7 Å². The maximum Gasteiger partial charge on any atom is 0.254 e. The highest BCUT2D eigenvalue weighted by Gasteiger charge is 2.30. The van der Waals surface area contributed by atoms with Crippen LogP contribution in [0.5, 0.6) is 0 Å². The number of aromatic amines is 1. The number of hydrogen-bond donors (Lipinski definition) is 2. The number of pyridine rings is 1. The normalized spacial score (nSPS) is 15.5. The molecule has 1 amide bonds. The van der Waals surface area contributed by atoms with Crippen molar-refractivity contribution in [1.29, 1.82) is 0 Å². The fourth-order valence-corrected chi connectivity index (χ4v) is 3.70. The monoisotopic (exact) mass is 353 g/mol. The Labute approximate surface area is 154 Å². The molecule has 0 fully saturated rings. The summed E-state index contributed by atoms with van der Waals surface area (Å²) in [5.74, 6) is -0.122. The third-order valence-electron chi connectivity index (χ3n) is 4.81. The fraction of sp³-hybridized carbons (Fsp3) is 0.476. The van der Waals surface area contributed by atoms with Gasteiger partial charge in [-0.2, -0.15) is 0 Å². The van der Waals surface area contributed by atoms with E-state index in [1.54, 1.807) is 12.4 Å². The van der Waals surface area contributed by atoms with Crippen LogP contribution in [0, 0.1) is 12.3 Å². The topological polar surface area (TPSA) is 74.8 Å². The lowest BCUT2D eigenvalue weighted by Gasteiger charge is -2.27. The number of Topliss-reactive ketones (excluding diaryl/α,β-unsaturated/α-hetero) is 1. The second-order valence-electron chi connectivity index (χ2n) is 8.33. The standard InChI is InChI=1S/C21H27N3O2/c1-13-18(19-15(23-13)8-5-9-17(19)25)20(26)24-16(11-21(2,3)4)14-7-6-10-22-12-14/h6-7,10,12,16,23H,5,8-9,11H2,1-4H3,(H,24,26). The highest BCUT2D eigenvalue weighted by molar-refractivity contribution is 6.10. The first-order valence-electron chi connectivity index (χ1n) is 9.21. The Bertz CT molecular complexity index is 816. The predicted octanol–water partition coefficient (Wildman–Crippen LogP) is 4.14. The van der Waals surface area contributed by atoms with E-state index in [0.717, 1.165) is 36.2 Å². The molecule has 0 bridgehead atoms. The zero-order valence-electron chi connectivity index (χ0n) is 16.0. The summed E-state index contributed by atoms with van der Waals surface area (Å²) in [4.78, 5) is 32.9. The number of nitrogens with one attached hydrogen (secondary N) is 2. The molecule has 2 aromatic rings. The molecule has 0 aromatic carbocycles. The van der Waals surface area contributed by atoms with E-state index < -0.39 is 0 Å². The number of carbonyl (C=O) groups is 2. The van der Waals surface area contributed by atoms with Crippen LogP contribution in [0.3, 0.4) is 0 Å². The number of nitrogens with zero attached hydrogens (tertiary/aromatic N) is 1. The Kier molecular flexibility index (Phi) is 4.99. The van der Waals surface area contributed by atoms with Crippen LogP contribution >= 0.6 is 0 Å². The number of carbonyl (C=O) groups excluding carboxylic acids is 2. The second kappa shape index (κ2) is 7.06. The number of fused-ring (bicyclic) bond motifs is 1. The third kappa shape index (κ3) is 3.87. The molecule has 1 aliphatic rings. The Morgan fingerprint density at radius 2 is 2.12 bits per heavy atom. The molecule has 2 heterocycles. The van der Waals surface area contributed by atoms with Crippen molar-refractivity contribution in [3.05, 3.63) is 52.6 Å². The molecule has 1 unspecified atom stereocenters. The van der Waals surface area contributed by atoms with E-state index in [1.807, 2.05) is 19.1 Å². The van der Waals surface area contributed by atoms with E-state index in [9.17, 15) is 9.59 Å². The summed E-state index contributed by atoms with van der Waals surface area (Å²) in [6.45, 7) is 8.31. The lowest BCUT2D eigenvalue weighted by Crippen LogP contribution is -2.32. The molecule has 1 atom stereocenters. The van der Waals surface area contributed by atoms with Crippen molar-refractivity contribution in [2.45, 2.75) is 59.4 Å². The Hall–Kier alpha value is -2.43. The van der Waals surface area contributed by atoms with Gasteiger partial charge in [-0.1, -0.05) is 26.8 Å². The van der Waals surface area contributed by atoms with Gasteiger partial charge < -0.3 is 10.3 Å². The van der Waals surface area contributed by atoms with E-state index in [0.29, 0.717) is 17.5 Å². The number of rotatable bonds is 4. The summed E-state index contributed by atoms with van der Waals surface area (Å²) >= 11 is 0. The maximum atomic E-state index is 13.1. The predicted molar refractivity (Wildman–Crippen MR) is 101 cm³/mol. The molecule has 3 rings (SSSR count). The molecule has 0 aliphatic heterocycles. The smallest absolute Gasteiger partial charge is 0.254 e. The fourth-order valence-electron chi connectivity index (χ4n) is 3.70. The molecule has 0 saturated heterocycles. The van der Waals surface area contributed by atoms with Gasteiger partial charge in [0.1, 0.15) is 0 Å². The molecule has 1 aliphatic carbocycles. The molecule has 5 heteroatoms. The van der Waals surface area contributed by atoms with Crippen molar-refractivity contribution in [2.75, 3.05) is 0 Å². The summed E-state index contributed by atoms with van der Waals surface area (Å²) in [6.07, 6.45) is 6.48. The van der Waals surface area contributed by atoms with Gasteiger partial charge in [0.05, 0.1) is 17.2 Å². The number of aromatic nitrogens is 2. The minimum atomic E-state index is -0.187. The van der Waals surface area contributed by atoms with Crippen LogP contribution in [0.1, 0.15) is 83.7 Å². The van der Waals surface area contributed by atoms with Crippen molar-refractivity contribution in [1.82, 2.24) is 15.3 Å². The largest absolute Gasteiger partial charge is 0.361 e. The maximum absolute atomic E-state index is 13.1. The average molecular weight is 353 g/mol. The Balaban J connectivity index is 1.92. The molecule has 5 nitrogen and oxygen atoms in total. The molecule has 0 saturated carbocycles. The van der Waals surface area contributed by atoms with E-state index in [2.05, 4.69) is 36.1 Å². The van der Waals surface area contributed by atoms with Gasteiger partial charge in [-0.3, -0.25) is 14.6 Å². The highest BCUT2D eigenvalue weighted by atomic mass is 16.2. The van der Waals surface area contributed by atoms with Crippen molar-refractivity contribution in [2.24, 2.45) is 5.41 Å². The van der Waals surface area contributed by atoms with Gasteiger partial charge in [-0.15, -0.1) is 0 Å². The molecule has 2 N–H and O–H groups in total. The van der Waals surface area contributed by atoms with E-state index >= 15 is 0 Å². The van der Waals surface area contributed by atoms with Crippen LogP contribution in [0.4, 0.5) is 0 Å². The van der Waals surface area contributed by atoms with Crippen LogP contribution in [0.25, 0.3) is 0 Å². The van der Waals surface area contributed by atoms with Gasteiger partial charge in [-0.25, -0.2) is 0 Å². The first-order valence-corrected chi connectivity index (χ1v) is 9.21. The Morgan fingerprint density at radius 3 is 2.77 bits per heavy atom. The summed E-state index contributed by atoms with van der Waals surface area (Å²) in [7, 11) is 0. The number of hydrogen-bond acceptors (Lipinski definition) is 3. The number of ketones is 1. The zero-order valence-corrected chi connectivity index (χ0v) is 16.0. The van der Waals surface area contributed by atoms with Crippen molar-refractivity contribution in [3.63, 3.8) is 0 Å². The zero-order chi connectivity index (χ0) is 18.9. The molecule has 26 heavy (non-hydrogen) atoms. The molecular formula is C21H27N3O2. The van der Waals surface area contributed by atoms with Crippen LogP contribution < -0.4 is 5.32 Å². The van der Waals surface area contributed by atoms with Gasteiger partial charge in [0.25, 0.3) is 5.91 Å². The molecule has 0 radical (unpaired) electrons. The van der Waals surface area contributed by atoms with Gasteiger partial charge in [0, 0.05) is 30.2 Å². The van der Waals surface area contributed by atoms with Gasteiger partial charge in [0.2, 0.25) is 0 Å². The van der Waals surface area contributed by atoms with E-state index in [4.69, 9.17) is 0 Å².